The number of rotatable bonds is 5. The van der Waals surface area contributed by atoms with E-state index in [1.807, 2.05) is 13.8 Å². The fourth-order valence-electron chi connectivity index (χ4n) is 2.85. The van der Waals surface area contributed by atoms with E-state index in [4.69, 9.17) is 10.00 Å². The maximum absolute atomic E-state index is 8.67. The molecule has 1 N–H and O–H groups in total. The lowest BCUT2D eigenvalue weighted by atomic mass is 9.94. The molecule has 3 nitrogen and oxygen atoms in total. The zero-order valence-electron chi connectivity index (χ0n) is 11.7. The summed E-state index contributed by atoms with van der Waals surface area (Å²) in [7, 11) is 0. The summed E-state index contributed by atoms with van der Waals surface area (Å²) in [6.07, 6.45) is 3.81. The van der Waals surface area contributed by atoms with Crippen LogP contribution in [0.2, 0.25) is 0 Å². The van der Waals surface area contributed by atoms with Crippen molar-refractivity contribution >= 4 is 0 Å². The van der Waals surface area contributed by atoms with Gasteiger partial charge in [-0.05, 0) is 50.3 Å². The molecule has 19 heavy (non-hydrogen) atoms. The fraction of sp³-hybridized carbons (Fsp3) is 0.562. The lowest BCUT2D eigenvalue weighted by molar-refractivity contribution is 0.242. The van der Waals surface area contributed by atoms with Crippen molar-refractivity contribution in [3.8, 4) is 11.8 Å². The minimum Gasteiger partial charge on any atom is -0.491 e. The number of hydrogen-bond donors (Lipinski definition) is 1. The molecule has 1 aliphatic rings. The van der Waals surface area contributed by atoms with E-state index in [1.165, 1.54) is 18.4 Å². The maximum atomic E-state index is 8.67. The van der Waals surface area contributed by atoms with Gasteiger partial charge in [-0.1, -0.05) is 18.6 Å². The summed E-state index contributed by atoms with van der Waals surface area (Å²) in [5.74, 6) is 1.46. The van der Waals surface area contributed by atoms with Crippen LogP contribution in [0.5, 0.6) is 5.75 Å². The Morgan fingerprint density at radius 3 is 2.68 bits per heavy atom. The average molecular weight is 258 g/mol. The summed E-state index contributed by atoms with van der Waals surface area (Å²) in [5.41, 5.74) is 1.35. The zero-order chi connectivity index (χ0) is 13.7. The molecular formula is C16H22N2O. The van der Waals surface area contributed by atoms with Crippen LogP contribution in [0.25, 0.3) is 0 Å². The number of nitriles is 1. The smallest absolute Gasteiger partial charge is 0.119 e. The summed E-state index contributed by atoms with van der Waals surface area (Å²) < 4.78 is 5.66. The summed E-state index contributed by atoms with van der Waals surface area (Å²) in [4.78, 5) is 0. The van der Waals surface area contributed by atoms with Gasteiger partial charge >= 0.3 is 0 Å². The van der Waals surface area contributed by atoms with Crippen molar-refractivity contribution in [1.29, 1.82) is 5.26 Å². The van der Waals surface area contributed by atoms with E-state index < -0.39 is 0 Å². The first-order valence-electron chi connectivity index (χ1n) is 7.07. The Hall–Kier alpha value is -1.53. The monoisotopic (exact) mass is 258 g/mol. The van der Waals surface area contributed by atoms with E-state index in [0.717, 1.165) is 12.2 Å². The van der Waals surface area contributed by atoms with Gasteiger partial charge in [0.05, 0.1) is 18.7 Å². The van der Waals surface area contributed by atoms with Gasteiger partial charge in [-0.3, -0.25) is 0 Å². The summed E-state index contributed by atoms with van der Waals surface area (Å²) in [5, 5.41) is 12.0. The molecule has 0 spiro atoms. The number of nitrogens with one attached hydrogen (secondary N) is 1. The Balaban J connectivity index is 2.02. The van der Waals surface area contributed by atoms with Crippen LogP contribution in [-0.4, -0.2) is 18.7 Å². The number of hydrogen-bond acceptors (Lipinski definition) is 3. The molecule has 3 heteroatoms. The SMILES string of the molecule is CC(C)Oc1ccc([C@H]2CCC[C@H]2NCC#N)cc1. The number of benzene rings is 1. The third-order valence-corrected chi connectivity index (χ3v) is 3.64. The van der Waals surface area contributed by atoms with Gasteiger partial charge in [-0.25, -0.2) is 0 Å². The second kappa shape index (κ2) is 6.58. The van der Waals surface area contributed by atoms with E-state index in [1.54, 1.807) is 0 Å². The molecule has 2 rings (SSSR count). The minimum atomic E-state index is 0.211. The Bertz CT molecular complexity index is 433. The molecule has 1 aliphatic carbocycles. The molecule has 0 aliphatic heterocycles. The van der Waals surface area contributed by atoms with E-state index in [0.29, 0.717) is 18.5 Å². The maximum Gasteiger partial charge on any atom is 0.119 e. The van der Waals surface area contributed by atoms with Crippen LogP contribution >= 0.6 is 0 Å². The zero-order valence-corrected chi connectivity index (χ0v) is 11.7. The predicted octanol–water partition coefficient (Wildman–Crippen LogP) is 3.22. The van der Waals surface area contributed by atoms with E-state index in [2.05, 4.69) is 35.7 Å². The van der Waals surface area contributed by atoms with Crippen molar-refractivity contribution in [3.05, 3.63) is 29.8 Å². The summed E-state index contributed by atoms with van der Waals surface area (Å²) in [6.45, 7) is 4.51. The first-order chi connectivity index (χ1) is 9.20. The van der Waals surface area contributed by atoms with Crippen molar-refractivity contribution in [1.82, 2.24) is 5.32 Å². The first kappa shape index (κ1) is 13.9. The molecule has 0 radical (unpaired) electrons. The van der Waals surface area contributed by atoms with Crippen molar-refractivity contribution in [2.75, 3.05) is 6.54 Å². The van der Waals surface area contributed by atoms with Crippen molar-refractivity contribution < 1.29 is 4.74 Å². The van der Waals surface area contributed by atoms with Crippen LogP contribution < -0.4 is 10.1 Å². The van der Waals surface area contributed by atoms with Crippen LogP contribution in [0.3, 0.4) is 0 Å². The molecule has 1 aromatic rings. The molecule has 1 fully saturated rings. The Kier molecular flexibility index (Phi) is 4.81. The van der Waals surface area contributed by atoms with Gasteiger partial charge in [0.1, 0.15) is 5.75 Å². The standard InChI is InChI=1S/C16H22N2O/c1-12(2)19-14-8-6-13(7-9-14)15-4-3-5-16(15)18-11-10-17/h6-9,12,15-16,18H,3-5,11H2,1-2H3/t15-,16-/m1/s1. The highest BCUT2D eigenvalue weighted by Gasteiger charge is 2.27. The quantitative estimate of drug-likeness (QED) is 0.825. The van der Waals surface area contributed by atoms with Crippen LogP contribution in [0.4, 0.5) is 0 Å². The van der Waals surface area contributed by atoms with E-state index in [9.17, 15) is 0 Å². The van der Waals surface area contributed by atoms with Crippen molar-refractivity contribution in [2.24, 2.45) is 0 Å². The highest BCUT2D eigenvalue weighted by atomic mass is 16.5. The highest BCUT2D eigenvalue weighted by Crippen LogP contribution is 2.35. The summed E-state index contributed by atoms with van der Waals surface area (Å²) >= 11 is 0. The second-order valence-corrected chi connectivity index (χ2v) is 5.42. The molecule has 2 atom stereocenters. The van der Waals surface area contributed by atoms with Gasteiger partial charge in [0.15, 0.2) is 0 Å². The molecule has 1 saturated carbocycles. The Morgan fingerprint density at radius 1 is 1.32 bits per heavy atom. The van der Waals surface area contributed by atoms with Crippen LogP contribution in [0.1, 0.15) is 44.6 Å². The molecule has 0 aromatic heterocycles. The number of nitrogens with zero attached hydrogens (tertiary/aromatic N) is 1. The number of ether oxygens (including phenoxy) is 1. The van der Waals surface area contributed by atoms with E-state index in [-0.39, 0.29) is 6.10 Å². The molecular weight excluding hydrogens is 236 g/mol. The van der Waals surface area contributed by atoms with Crippen LogP contribution in [0.15, 0.2) is 24.3 Å². The molecule has 1 aromatic carbocycles. The molecule has 0 bridgehead atoms. The summed E-state index contributed by atoms with van der Waals surface area (Å²) in [6, 6.07) is 11.0. The van der Waals surface area contributed by atoms with Gasteiger partial charge < -0.3 is 10.1 Å². The fourth-order valence-corrected chi connectivity index (χ4v) is 2.85. The largest absolute Gasteiger partial charge is 0.491 e. The van der Waals surface area contributed by atoms with E-state index >= 15 is 0 Å². The van der Waals surface area contributed by atoms with Gasteiger partial charge in [0.2, 0.25) is 0 Å². The highest BCUT2D eigenvalue weighted by molar-refractivity contribution is 5.31. The van der Waals surface area contributed by atoms with Gasteiger partial charge in [0.25, 0.3) is 0 Å². The minimum absolute atomic E-state index is 0.211. The molecule has 0 amide bonds. The molecule has 0 saturated heterocycles. The lowest BCUT2D eigenvalue weighted by Crippen LogP contribution is -2.31. The van der Waals surface area contributed by atoms with Gasteiger partial charge in [0, 0.05) is 6.04 Å². The average Bonchev–Trinajstić information content (AvgIpc) is 2.85. The first-order valence-corrected chi connectivity index (χ1v) is 7.07. The Morgan fingerprint density at radius 2 is 2.05 bits per heavy atom. The Labute approximate surface area is 115 Å². The van der Waals surface area contributed by atoms with Crippen LogP contribution in [0, 0.1) is 11.3 Å². The van der Waals surface area contributed by atoms with Crippen molar-refractivity contribution in [3.63, 3.8) is 0 Å². The van der Waals surface area contributed by atoms with Gasteiger partial charge in [-0.2, -0.15) is 5.26 Å². The van der Waals surface area contributed by atoms with Crippen LogP contribution in [-0.2, 0) is 0 Å². The lowest BCUT2D eigenvalue weighted by Gasteiger charge is -2.20. The van der Waals surface area contributed by atoms with Crippen molar-refractivity contribution in [2.45, 2.75) is 51.2 Å². The third kappa shape index (κ3) is 3.71. The molecule has 0 unspecified atom stereocenters. The third-order valence-electron chi connectivity index (χ3n) is 3.64. The van der Waals surface area contributed by atoms with Gasteiger partial charge in [-0.15, -0.1) is 0 Å². The second-order valence-electron chi connectivity index (χ2n) is 5.42. The molecule has 102 valence electrons. The topological polar surface area (TPSA) is 45.0 Å². The predicted molar refractivity (Wildman–Crippen MR) is 76.2 cm³/mol. The normalized spacial score (nSPS) is 22.4. The molecule has 0 heterocycles.